The van der Waals surface area contributed by atoms with Crippen molar-refractivity contribution in [1.29, 1.82) is 0 Å². The predicted molar refractivity (Wildman–Crippen MR) is 87.1 cm³/mol. The van der Waals surface area contributed by atoms with Gasteiger partial charge in [-0.25, -0.2) is 13.1 Å². The van der Waals surface area contributed by atoms with Gasteiger partial charge >= 0.3 is 0 Å². The van der Waals surface area contributed by atoms with E-state index < -0.39 is 16.1 Å². The Morgan fingerprint density at radius 1 is 1.41 bits per heavy atom. The van der Waals surface area contributed by atoms with E-state index in [1.807, 2.05) is 16.8 Å². The third-order valence-corrected chi connectivity index (χ3v) is 5.47. The Balaban J connectivity index is 2.04. The first-order chi connectivity index (χ1) is 10.4. The highest BCUT2D eigenvalue weighted by Gasteiger charge is 2.20. The van der Waals surface area contributed by atoms with Gasteiger partial charge in [-0.1, -0.05) is 11.6 Å². The van der Waals surface area contributed by atoms with E-state index >= 15 is 0 Å². The topological polar surface area (TPSA) is 75.6 Å². The van der Waals surface area contributed by atoms with Gasteiger partial charge in [-0.2, -0.15) is 11.3 Å². The Morgan fingerprint density at radius 2 is 2.18 bits per heavy atom. The molecule has 22 heavy (non-hydrogen) atoms. The Morgan fingerprint density at radius 3 is 2.82 bits per heavy atom. The molecular formula is C14H16ClNO4S2. The van der Waals surface area contributed by atoms with Gasteiger partial charge in [0.2, 0.25) is 10.0 Å². The molecule has 1 unspecified atom stereocenters. The van der Waals surface area contributed by atoms with E-state index in [1.54, 1.807) is 6.07 Å². The molecule has 0 fully saturated rings. The smallest absolute Gasteiger partial charge is 0.244 e. The normalized spacial score (nSPS) is 13.0. The zero-order valence-corrected chi connectivity index (χ0v) is 14.2. The number of halogens is 1. The summed E-state index contributed by atoms with van der Waals surface area (Å²) in [7, 11) is -2.37. The van der Waals surface area contributed by atoms with Crippen molar-refractivity contribution in [2.75, 3.05) is 13.7 Å². The van der Waals surface area contributed by atoms with Gasteiger partial charge in [0.1, 0.15) is 10.6 Å². The fourth-order valence-corrected chi connectivity index (χ4v) is 4.08. The van der Waals surface area contributed by atoms with E-state index in [2.05, 4.69) is 4.72 Å². The average molecular weight is 362 g/mol. The first-order valence-electron chi connectivity index (χ1n) is 6.47. The Kier molecular flexibility index (Phi) is 5.82. The molecule has 0 aliphatic rings. The SMILES string of the molecule is COc1ccc(Cl)cc1S(=O)(=O)NCCC(O)c1ccsc1. The number of sulfonamides is 1. The summed E-state index contributed by atoms with van der Waals surface area (Å²) in [5.74, 6) is 0.218. The molecule has 8 heteroatoms. The lowest BCUT2D eigenvalue weighted by atomic mass is 10.1. The van der Waals surface area contributed by atoms with Crippen molar-refractivity contribution in [3.63, 3.8) is 0 Å². The largest absolute Gasteiger partial charge is 0.495 e. The second kappa shape index (κ2) is 7.43. The second-order valence-electron chi connectivity index (χ2n) is 4.55. The van der Waals surface area contributed by atoms with Gasteiger partial charge in [0.05, 0.1) is 13.2 Å². The zero-order valence-electron chi connectivity index (χ0n) is 11.8. The lowest BCUT2D eigenvalue weighted by molar-refractivity contribution is 0.169. The molecule has 0 radical (unpaired) electrons. The molecule has 1 aromatic carbocycles. The van der Waals surface area contributed by atoms with Crippen LogP contribution in [-0.2, 0) is 10.0 Å². The van der Waals surface area contributed by atoms with Crippen molar-refractivity contribution < 1.29 is 18.3 Å². The van der Waals surface area contributed by atoms with Crippen LogP contribution < -0.4 is 9.46 Å². The van der Waals surface area contributed by atoms with Gasteiger partial charge in [-0.05, 0) is 47.0 Å². The molecule has 120 valence electrons. The minimum Gasteiger partial charge on any atom is -0.495 e. The summed E-state index contributed by atoms with van der Waals surface area (Å²) in [4.78, 5) is -0.0208. The highest BCUT2D eigenvalue weighted by atomic mass is 35.5. The molecule has 0 aliphatic heterocycles. The van der Waals surface area contributed by atoms with Crippen LogP contribution in [0.2, 0.25) is 5.02 Å². The zero-order chi connectivity index (χ0) is 16.2. The van der Waals surface area contributed by atoms with Gasteiger partial charge in [-0.15, -0.1) is 0 Å². The van der Waals surface area contributed by atoms with E-state index in [9.17, 15) is 13.5 Å². The fourth-order valence-electron chi connectivity index (χ4n) is 1.90. The number of nitrogens with one attached hydrogen (secondary N) is 1. The molecule has 0 aliphatic carbocycles. The molecule has 0 amide bonds. The number of methoxy groups -OCH3 is 1. The molecule has 0 saturated heterocycles. The molecule has 0 saturated carbocycles. The maximum atomic E-state index is 12.3. The van der Waals surface area contributed by atoms with Gasteiger partial charge < -0.3 is 9.84 Å². The molecule has 2 aromatic rings. The molecular weight excluding hydrogens is 346 g/mol. The van der Waals surface area contributed by atoms with E-state index in [-0.39, 0.29) is 23.6 Å². The van der Waals surface area contributed by atoms with Crippen molar-refractivity contribution in [1.82, 2.24) is 4.72 Å². The standard InChI is InChI=1S/C14H16ClNO4S2/c1-20-13-3-2-11(15)8-14(13)22(18,19)16-6-4-12(17)10-5-7-21-9-10/h2-3,5,7-9,12,16-17H,4,6H2,1H3. The number of benzene rings is 1. The number of aliphatic hydroxyl groups is 1. The van der Waals surface area contributed by atoms with Crippen LogP contribution in [-0.4, -0.2) is 27.2 Å². The van der Waals surface area contributed by atoms with Crippen LogP contribution in [0.15, 0.2) is 39.9 Å². The maximum Gasteiger partial charge on any atom is 0.244 e. The lowest BCUT2D eigenvalue weighted by Gasteiger charge is -2.12. The monoisotopic (exact) mass is 361 g/mol. The molecule has 2 rings (SSSR count). The van der Waals surface area contributed by atoms with Crippen LogP contribution in [0.4, 0.5) is 0 Å². The van der Waals surface area contributed by atoms with Crippen LogP contribution in [0.25, 0.3) is 0 Å². The average Bonchev–Trinajstić information content (AvgIpc) is 3.01. The minimum atomic E-state index is -3.76. The molecule has 1 aromatic heterocycles. The molecule has 0 spiro atoms. The highest BCUT2D eigenvalue weighted by Crippen LogP contribution is 2.27. The summed E-state index contributed by atoms with van der Waals surface area (Å²) in [6, 6.07) is 6.19. The summed E-state index contributed by atoms with van der Waals surface area (Å²) in [6.07, 6.45) is -0.422. The number of thiophene rings is 1. The van der Waals surface area contributed by atoms with Crippen molar-refractivity contribution in [3.8, 4) is 5.75 Å². The van der Waals surface area contributed by atoms with Crippen molar-refractivity contribution in [2.45, 2.75) is 17.4 Å². The van der Waals surface area contributed by atoms with E-state index in [0.29, 0.717) is 5.02 Å². The number of hydrogen-bond acceptors (Lipinski definition) is 5. The summed E-state index contributed by atoms with van der Waals surface area (Å²) < 4.78 is 32.1. The van der Waals surface area contributed by atoms with Gasteiger partial charge in [-0.3, -0.25) is 0 Å². The van der Waals surface area contributed by atoms with E-state index in [4.69, 9.17) is 16.3 Å². The third-order valence-electron chi connectivity index (χ3n) is 3.05. The summed E-state index contributed by atoms with van der Waals surface area (Å²) >= 11 is 7.33. The number of hydrogen-bond donors (Lipinski definition) is 2. The molecule has 0 bridgehead atoms. The fraction of sp³-hybridized carbons (Fsp3) is 0.286. The summed E-state index contributed by atoms with van der Waals surface area (Å²) in [6.45, 7) is 0.106. The summed E-state index contributed by atoms with van der Waals surface area (Å²) in [5.41, 5.74) is 0.782. The van der Waals surface area contributed by atoms with Crippen LogP contribution in [0.1, 0.15) is 18.1 Å². The summed E-state index contributed by atoms with van der Waals surface area (Å²) in [5, 5.41) is 13.9. The van der Waals surface area contributed by atoms with Crippen LogP contribution in [0, 0.1) is 0 Å². The molecule has 1 heterocycles. The minimum absolute atomic E-state index is 0.0208. The second-order valence-corrected chi connectivity index (χ2v) is 7.51. The molecule has 5 nitrogen and oxygen atoms in total. The van der Waals surface area contributed by atoms with E-state index in [1.165, 1.54) is 30.6 Å². The van der Waals surface area contributed by atoms with Crippen molar-refractivity contribution in [3.05, 3.63) is 45.6 Å². The Labute approximate surface area is 138 Å². The lowest BCUT2D eigenvalue weighted by Crippen LogP contribution is -2.26. The van der Waals surface area contributed by atoms with Gasteiger partial charge in [0.15, 0.2) is 0 Å². The number of rotatable bonds is 7. The Bertz CT molecular complexity index is 716. The number of aliphatic hydroxyl groups excluding tert-OH is 1. The quantitative estimate of drug-likeness (QED) is 0.795. The number of ether oxygens (including phenoxy) is 1. The highest BCUT2D eigenvalue weighted by molar-refractivity contribution is 7.89. The third kappa shape index (κ3) is 4.21. The molecule has 1 atom stereocenters. The maximum absolute atomic E-state index is 12.3. The predicted octanol–water partition coefficient (Wildman–Crippen LogP) is 2.81. The van der Waals surface area contributed by atoms with Crippen LogP contribution >= 0.6 is 22.9 Å². The van der Waals surface area contributed by atoms with Crippen LogP contribution in [0.3, 0.4) is 0 Å². The molecule has 2 N–H and O–H groups in total. The first kappa shape index (κ1) is 17.2. The van der Waals surface area contributed by atoms with Crippen molar-refractivity contribution in [2.24, 2.45) is 0 Å². The first-order valence-corrected chi connectivity index (χ1v) is 9.28. The van der Waals surface area contributed by atoms with E-state index in [0.717, 1.165) is 5.56 Å². The van der Waals surface area contributed by atoms with Gasteiger partial charge in [0.25, 0.3) is 0 Å². The van der Waals surface area contributed by atoms with Gasteiger partial charge in [0, 0.05) is 11.6 Å². The van der Waals surface area contributed by atoms with Crippen molar-refractivity contribution >= 4 is 33.0 Å². The Hall–Kier alpha value is -1.12. The van der Waals surface area contributed by atoms with Crippen LogP contribution in [0.5, 0.6) is 5.75 Å².